The van der Waals surface area contributed by atoms with Crippen molar-refractivity contribution in [3.63, 3.8) is 0 Å². The molecule has 0 atom stereocenters. The first-order valence-electron chi connectivity index (χ1n) is 4.51. The number of hydrogen-bond acceptors (Lipinski definition) is 2. The van der Waals surface area contributed by atoms with E-state index in [0.29, 0.717) is 0 Å². The number of aliphatic hydroxyl groups is 1. The number of hydrogen-bond donors (Lipinski definition) is 1. The number of rotatable bonds is 2. The third-order valence-electron chi connectivity index (χ3n) is 2.10. The van der Waals surface area contributed by atoms with Gasteiger partial charge in [-0.15, -0.1) is 0 Å². The molecule has 1 aromatic heterocycles. The average molecular weight is 188 g/mol. The Hall–Kier alpha value is -1.61. The van der Waals surface area contributed by atoms with Crippen molar-refractivity contribution >= 4 is 17.0 Å². The Balaban J connectivity index is 2.58. The lowest BCUT2D eigenvalue weighted by molar-refractivity contribution is 0.343. The minimum absolute atomic E-state index is 0.0661. The molecule has 72 valence electrons. The fourth-order valence-electron chi connectivity index (χ4n) is 1.51. The molecular weight excluding hydrogens is 176 g/mol. The van der Waals surface area contributed by atoms with Gasteiger partial charge in [-0.1, -0.05) is 24.3 Å². The quantitative estimate of drug-likeness (QED) is 0.777. The fraction of sp³-hybridized carbons (Fsp3) is 0.182. The Bertz CT molecular complexity index is 471. The second-order valence-corrected chi connectivity index (χ2v) is 3.17. The molecule has 2 aromatic rings. The molecule has 0 aliphatic heterocycles. The van der Waals surface area contributed by atoms with Crippen LogP contribution in [0.4, 0.5) is 0 Å². The number of fused-ring (bicyclic) bond motifs is 1. The van der Waals surface area contributed by atoms with Gasteiger partial charge < -0.3 is 5.11 Å². The summed E-state index contributed by atoms with van der Waals surface area (Å²) in [4.78, 5) is 0. The molecule has 0 unspecified atom stereocenters. The van der Waals surface area contributed by atoms with E-state index in [1.165, 1.54) is 0 Å². The van der Waals surface area contributed by atoms with Crippen LogP contribution in [0, 0.1) is 0 Å². The molecule has 0 radical (unpaired) electrons. The first-order valence-corrected chi connectivity index (χ1v) is 4.51. The summed E-state index contributed by atoms with van der Waals surface area (Å²) in [7, 11) is 1.90. The van der Waals surface area contributed by atoms with E-state index in [1.807, 2.05) is 37.5 Å². The topological polar surface area (TPSA) is 38.0 Å². The molecule has 0 aliphatic carbocycles. The molecule has 0 saturated carbocycles. The minimum Gasteiger partial charge on any atom is -0.392 e. The summed E-state index contributed by atoms with van der Waals surface area (Å²) in [5.74, 6) is 0. The van der Waals surface area contributed by atoms with Crippen molar-refractivity contribution in [2.75, 3.05) is 6.61 Å². The Labute approximate surface area is 82.3 Å². The van der Waals surface area contributed by atoms with Crippen LogP contribution in [0.3, 0.4) is 0 Å². The maximum absolute atomic E-state index is 8.70. The average Bonchev–Trinajstić information content (AvgIpc) is 2.55. The lowest BCUT2D eigenvalue weighted by Crippen LogP contribution is -1.84. The van der Waals surface area contributed by atoms with Crippen LogP contribution in [0.2, 0.25) is 0 Å². The molecule has 1 heterocycles. The SMILES string of the molecule is Cn1cc2c(C=CCO)cccc2n1. The van der Waals surface area contributed by atoms with Gasteiger partial charge in [0.05, 0.1) is 12.1 Å². The smallest absolute Gasteiger partial charge is 0.0929 e. The lowest BCUT2D eigenvalue weighted by atomic mass is 10.1. The Morgan fingerprint density at radius 3 is 3.14 bits per heavy atom. The first-order chi connectivity index (χ1) is 6.81. The van der Waals surface area contributed by atoms with Gasteiger partial charge in [-0.3, -0.25) is 4.68 Å². The summed E-state index contributed by atoms with van der Waals surface area (Å²) >= 11 is 0. The van der Waals surface area contributed by atoms with E-state index in [-0.39, 0.29) is 6.61 Å². The van der Waals surface area contributed by atoms with Crippen molar-refractivity contribution < 1.29 is 5.11 Å². The van der Waals surface area contributed by atoms with Gasteiger partial charge in [0.25, 0.3) is 0 Å². The summed E-state index contributed by atoms with van der Waals surface area (Å²) in [6.07, 6.45) is 5.61. The highest BCUT2D eigenvalue weighted by molar-refractivity contribution is 5.87. The summed E-state index contributed by atoms with van der Waals surface area (Å²) < 4.78 is 1.79. The maximum Gasteiger partial charge on any atom is 0.0929 e. The highest BCUT2D eigenvalue weighted by atomic mass is 16.2. The van der Waals surface area contributed by atoms with Crippen molar-refractivity contribution in [3.8, 4) is 0 Å². The van der Waals surface area contributed by atoms with Crippen LogP contribution in [0.15, 0.2) is 30.5 Å². The van der Waals surface area contributed by atoms with Crippen LogP contribution < -0.4 is 0 Å². The van der Waals surface area contributed by atoms with Crippen molar-refractivity contribution in [1.29, 1.82) is 0 Å². The largest absolute Gasteiger partial charge is 0.392 e. The van der Waals surface area contributed by atoms with E-state index in [4.69, 9.17) is 5.11 Å². The van der Waals surface area contributed by atoms with Crippen molar-refractivity contribution in [1.82, 2.24) is 9.78 Å². The number of aliphatic hydroxyl groups excluding tert-OH is 1. The van der Waals surface area contributed by atoms with E-state index < -0.39 is 0 Å². The van der Waals surface area contributed by atoms with Crippen LogP contribution in [0.5, 0.6) is 0 Å². The van der Waals surface area contributed by atoms with Gasteiger partial charge in [-0.25, -0.2) is 0 Å². The second kappa shape index (κ2) is 3.64. The predicted octanol–water partition coefficient (Wildman–Crippen LogP) is 1.58. The van der Waals surface area contributed by atoms with Crippen LogP contribution >= 0.6 is 0 Å². The minimum atomic E-state index is 0.0661. The van der Waals surface area contributed by atoms with Gasteiger partial charge in [-0.05, 0) is 11.6 Å². The Kier molecular flexibility index (Phi) is 2.33. The molecule has 3 nitrogen and oxygen atoms in total. The van der Waals surface area contributed by atoms with Gasteiger partial charge in [0.1, 0.15) is 0 Å². The molecule has 1 N–H and O–H groups in total. The lowest BCUT2D eigenvalue weighted by Gasteiger charge is -1.93. The molecule has 0 fully saturated rings. The zero-order chi connectivity index (χ0) is 9.97. The standard InChI is InChI=1S/C11H12N2O/c1-13-8-10-9(5-3-7-14)4-2-6-11(10)12-13/h2-6,8,14H,7H2,1H3. The molecular formula is C11H12N2O. The van der Waals surface area contributed by atoms with Crippen LogP contribution in [-0.2, 0) is 7.05 Å². The summed E-state index contributed by atoms with van der Waals surface area (Å²) in [6, 6.07) is 5.95. The van der Waals surface area contributed by atoms with Gasteiger partial charge in [0.15, 0.2) is 0 Å². The van der Waals surface area contributed by atoms with E-state index in [0.717, 1.165) is 16.5 Å². The number of aromatic nitrogens is 2. The number of aryl methyl sites for hydroxylation is 1. The normalized spacial score (nSPS) is 11.6. The molecule has 0 aliphatic rings. The number of benzene rings is 1. The monoisotopic (exact) mass is 188 g/mol. The van der Waals surface area contributed by atoms with E-state index >= 15 is 0 Å². The van der Waals surface area contributed by atoms with Crippen molar-refractivity contribution in [2.24, 2.45) is 7.05 Å². The predicted molar refractivity (Wildman–Crippen MR) is 56.8 cm³/mol. The van der Waals surface area contributed by atoms with E-state index in [1.54, 1.807) is 10.8 Å². The molecule has 0 amide bonds. The van der Waals surface area contributed by atoms with Crippen molar-refractivity contribution in [2.45, 2.75) is 0 Å². The fourth-order valence-corrected chi connectivity index (χ4v) is 1.51. The Morgan fingerprint density at radius 2 is 2.36 bits per heavy atom. The summed E-state index contributed by atoms with van der Waals surface area (Å²) in [5, 5.41) is 14.1. The van der Waals surface area contributed by atoms with Crippen LogP contribution in [0.25, 0.3) is 17.0 Å². The summed E-state index contributed by atoms with van der Waals surface area (Å²) in [5.41, 5.74) is 2.07. The highest BCUT2D eigenvalue weighted by Crippen LogP contribution is 2.18. The van der Waals surface area contributed by atoms with Gasteiger partial charge in [0.2, 0.25) is 0 Å². The highest BCUT2D eigenvalue weighted by Gasteiger charge is 2.00. The molecule has 3 heteroatoms. The molecule has 0 saturated heterocycles. The van der Waals surface area contributed by atoms with Gasteiger partial charge >= 0.3 is 0 Å². The Morgan fingerprint density at radius 1 is 1.50 bits per heavy atom. The summed E-state index contributed by atoms with van der Waals surface area (Å²) in [6.45, 7) is 0.0661. The van der Waals surface area contributed by atoms with Crippen LogP contribution in [-0.4, -0.2) is 21.5 Å². The third kappa shape index (κ3) is 1.54. The molecule has 1 aromatic carbocycles. The maximum atomic E-state index is 8.70. The molecule has 14 heavy (non-hydrogen) atoms. The first kappa shape index (κ1) is 8.97. The van der Waals surface area contributed by atoms with Crippen LogP contribution in [0.1, 0.15) is 5.56 Å². The van der Waals surface area contributed by atoms with Gasteiger partial charge in [0, 0.05) is 18.6 Å². The molecule has 2 rings (SSSR count). The zero-order valence-electron chi connectivity index (χ0n) is 8.01. The molecule has 0 bridgehead atoms. The van der Waals surface area contributed by atoms with Crippen molar-refractivity contribution in [3.05, 3.63) is 36.0 Å². The van der Waals surface area contributed by atoms with Gasteiger partial charge in [-0.2, -0.15) is 5.10 Å². The van der Waals surface area contributed by atoms with E-state index in [2.05, 4.69) is 5.10 Å². The second-order valence-electron chi connectivity index (χ2n) is 3.17. The third-order valence-corrected chi connectivity index (χ3v) is 2.10. The zero-order valence-corrected chi connectivity index (χ0v) is 8.01. The van der Waals surface area contributed by atoms with E-state index in [9.17, 15) is 0 Å². The molecule has 0 spiro atoms. The number of nitrogens with zero attached hydrogens (tertiary/aromatic N) is 2.